The first kappa shape index (κ1) is 10.8. The van der Waals surface area contributed by atoms with E-state index < -0.39 is 11.7 Å². The summed E-state index contributed by atoms with van der Waals surface area (Å²) in [6.07, 6.45) is 2.75. The molecule has 16 heavy (non-hydrogen) atoms. The molecule has 0 radical (unpaired) electrons. The second-order valence-corrected chi connectivity index (χ2v) is 3.96. The van der Waals surface area contributed by atoms with Crippen molar-refractivity contribution in [2.24, 2.45) is 0 Å². The zero-order chi connectivity index (χ0) is 11.5. The molecule has 1 amide bonds. The lowest BCUT2D eigenvalue weighted by atomic mass is 10.3. The maximum atomic E-state index is 13.4. The molecule has 0 fully saturated rings. The molecule has 1 aromatic heterocycles. The van der Waals surface area contributed by atoms with Gasteiger partial charge in [-0.1, -0.05) is 15.9 Å². The molecule has 0 aliphatic carbocycles. The molecule has 2 N–H and O–H groups in total. The van der Waals surface area contributed by atoms with Gasteiger partial charge in [0.25, 0.3) is 5.91 Å². The summed E-state index contributed by atoms with van der Waals surface area (Å²) >= 11 is 3.13. The molecule has 0 aliphatic heterocycles. The van der Waals surface area contributed by atoms with Crippen molar-refractivity contribution < 1.29 is 9.18 Å². The van der Waals surface area contributed by atoms with Crippen LogP contribution in [0.3, 0.4) is 0 Å². The number of hydrogen-bond donors (Lipinski definition) is 2. The van der Waals surface area contributed by atoms with Crippen LogP contribution in [-0.2, 0) is 0 Å². The fraction of sp³-hybridized carbons (Fsp3) is 0. The number of aromatic amines is 1. The minimum atomic E-state index is -0.498. The highest BCUT2D eigenvalue weighted by molar-refractivity contribution is 9.10. The Morgan fingerprint density at radius 1 is 1.50 bits per heavy atom. The van der Waals surface area contributed by atoms with Crippen LogP contribution >= 0.6 is 15.9 Å². The number of carbonyl (C=O) groups is 1. The molecule has 0 unspecified atom stereocenters. The topological polar surface area (TPSA) is 57.8 Å². The summed E-state index contributed by atoms with van der Waals surface area (Å²) in [7, 11) is 0. The van der Waals surface area contributed by atoms with Crippen LogP contribution in [0.1, 0.15) is 10.5 Å². The standard InChI is InChI=1S/C10H7BrFN3O/c11-6-1-2-8(7(12)3-6)15-10(16)9-4-13-5-14-9/h1-5H,(H,13,14)(H,15,16). The summed E-state index contributed by atoms with van der Waals surface area (Å²) in [6, 6.07) is 4.40. The molecule has 1 heterocycles. The summed E-state index contributed by atoms with van der Waals surface area (Å²) in [4.78, 5) is 17.9. The van der Waals surface area contributed by atoms with Crippen molar-refractivity contribution in [1.29, 1.82) is 0 Å². The molecular weight excluding hydrogens is 277 g/mol. The lowest BCUT2D eigenvalue weighted by Crippen LogP contribution is -2.13. The number of H-pyrrole nitrogens is 1. The summed E-state index contributed by atoms with van der Waals surface area (Å²) < 4.78 is 14.0. The fourth-order valence-electron chi connectivity index (χ4n) is 1.16. The smallest absolute Gasteiger partial charge is 0.273 e. The number of anilines is 1. The van der Waals surface area contributed by atoms with Crippen molar-refractivity contribution in [2.45, 2.75) is 0 Å². The van der Waals surface area contributed by atoms with Crippen LogP contribution in [0, 0.1) is 5.82 Å². The molecule has 4 nitrogen and oxygen atoms in total. The minimum absolute atomic E-state index is 0.128. The predicted molar refractivity (Wildman–Crippen MR) is 60.6 cm³/mol. The lowest BCUT2D eigenvalue weighted by Gasteiger charge is -2.04. The van der Waals surface area contributed by atoms with Gasteiger partial charge in [0.15, 0.2) is 0 Å². The third-order valence-corrected chi connectivity index (χ3v) is 2.42. The molecule has 1 aromatic carbocycles. The van der Waals surface area contributed by atoms with Crippen LogP contribution in [0.4, 0.5) is 10.1 Å². The predicted octanol–water partition coefficient (Wildman–Crippen LogP) is 2.56. The minimum Gasteiger partial charge on any atom is -0.341 e. The SMILES string of the molecule is O=C(Nc1ccc(Br)cc1F)c1cnc[nH]1. The van der Waals surface area contributed by atoms with Crippen LogP contribution in [0.25, 0.3) is 0 Å². The first-order valence-corrected chi connectivity index (χ1v) is 5.21. The van der Waals surface area contributed by atoms with Crippen LogP contribution in [0.5, 0.6) is 0 Å². The molecule has 0 spiro atoms. The fourth-order valence-corrected chi connectivity index (χ4v) is 1.49. The Bertz CT molecular complexity index is 513. The molecule has 2 aromatic rings. The number of imidazole rings is 1. The average Bonchev–Trinajstić information content (AvgIpc) is 2.75. The van der Waals surface area contributed by atoms with Gasteiger partial charge in [-0.2, -0.15) is 0 Å². The van der Waals surface area contributed by atoms with E-state index in [-0.39, 0.29) is 11.4 Å². The molecule has 0 bridgehead atoms. The first-order chi connectivity index (χ1) is 7.66. The van der Waals surface area contributed by atoms with E-state index in [4.69, 9.17) is 0 Å². The van der Waals surface area contributed by atoms with E-state index in [2.05, 4.69) is 31.2 Å². The number of nitrogens with zero attached hydrogens (tertiary/aromatic N) is 1. The van der Waals surface area contributed by atoms with Crippen LogP contribution in [0.15, 0.2) is 35.2 Å². The number of hydrogen-bond acceptors (Lipinski definition) is 2. The summed E-state index contributed by atoms with van der Waals surface area (Å²) in [5.74, 6) is -0.930. The number of rotatable bonds is 2. The van der Waals surface area contributed by atoms with E-state index >= 15 is 0 Å². The van der Waals surface area contributed by atoms with Crippen LogP contribution < -0.4 is 5.32 Å². The Morgan fingerprint density at radius 3 is 2.94 bits per heavy atom. The first-order valence-electron chi connectivity index (χ1n) is 4.41. The molecule has 6 heteroatoms. The zero-order valence-electron chi connectivity index (χ0n) is 8.00. The molecule has 2 rings (SSSR count). The van der Waals surface area contributed by atoms with Crippen molar-refractivity contribution in [2.75, 3.05) is 5.32 Å². The molecule has 0 saturated carbocycles. The van der Waals surface area contributed by atoms with Gasteiger partial charge in [-0.15, -0.1) is 0 Å². The normalized spacial score (nSPS) is 10.1. The van der Waals surface area contributed by atoms with Gasteiger partial charge in [-0.25, -0.2) is 9.37 Å². The molecule has 82 valence electrons. The third-order valence-electron chi connectivity index (χ3n) is 1.92. The second-order valence-electron chi connectivity index (χ2n) is 3.04. The summed E-state index contributed by atoms with van der Waals surface area (Å²) in [5.41, 5.74) is 0.408. The van der Waals surface area contributed by atoms with Gasteiger partial charge in [-0.05, 0) is 18.2 Å². The monoisotopic (exact) mass is 283 g/mol. The summed E-state index contributed by atoms with van der Waals surface area (Å²) in [6.45, 7) is 0. The average molecular weight is 284 g/mol. The van der Waals surface area contributed by atoms with E-state index in [0.717, 1.165) is 0 Å². The van der Waals surface area contributed by atoms with Crippen molar-refractivity contribution in [3.8, 4) is 0 Å². The Kier molecular flexibility index (Phi) is 3.00. The number of benzene rings is 1. The zero-order valence-corrected chi connectivity index (χ0v) is 9.58. The molecule has 0 saturated heterocycles. The van der Waals surface area contributed by atoms with Crippen LogP contribution in [-0.4, -0.2) is 15.9 Å². The van der Waals surface area contributed by atoms with E-state index in [1.165, 1.54) is 24.7 Å². The Labute approximate surface area is 99.0 Å². The molecular formula is C10H7BrFN3O. The third kappa shape index (κ3) is 2.27. The van der Waals surface area contributed by atoms with E-state index in [1.807, 2.05) is 0 Å². The number of aromatic nitrogens is 2. The van der Waals surface area contributed by atoms with Gasteiger partial charge in [0.1, 0.15) is 11.5 Å². The Hall–Kier alpha value is -1.69. The summed E-state index contributed by atoms with van der Waals surface area (Å²) in [5, 5.41) is 2.43. The van der Waals surface area contributed by atoms with Gasteiger partial charge in [0.2, 0.25) is 0 Å². The quantitative estimate of drug-likeness (QED) is 0.890. The van der Waals surface area contributed by atoms with Gasteiger partial charge < -0.3 is 10.3 Å². The highest BCUT2D eigenvalue weighted by Crippen LogP contribution is 2.19. The number of carbonyl (C=O) groups excluding carboxylic acids is 1. The van der Waals surface area contributed by atoms with Gasteiger partial charge >= 0.3 is 0 Å². The Morgan fingerprint density at radius 2 is 2.31 bits per heavy atom. The number of nitrogens with one attached hydrogen (secondary N) is 2. The van der Waals surface area contributed by atoms with Crippen LogP contribution in [0.2, 0.25) is 0 Å². The maximum Gasteiger partial charge on any atom is 0.273 e. The number of amides is 1. The van der Waals surface area contributed by atoms with Crippen molar-refractivity contribution >= 4 is 27.5 Å². The maximum absolute atomic E-state index is 13.4. The van der Waals surface area contributed by atoms with Crippen molar-refractivity contribution in [3.63, 3.8) is 0 Å². The molecule has 0 atom stereocenters. The van der Waals surface area contributed by atoms with Crippen molar-refractivity contribution in [1.82, 2.24) is 9.97 Å². The highest BCUT2D eigenvalue weighted by Gasteiger charge is 2.10. The van der Waals surface area contributed by atoms with E-state index in [9.17, 15) is 9.18 Å². The Balaban J connectivity index is 2.18. The van der Waals surface area contributed by atoms with E-state index in [0.29, 0.717) is 4.47 Å². The van der Waals surface area contributed by atoms with Gasteiger partial charge in [-0.3, -0.25) is 4.79 Å². The van der Waals surface area contributed by atoms with Crippen molar-refractivity contribution in [3.05, 3.63) is 46.7 Å². The van der Waals surface area contributed by atoms with Gasteiger partial charge in [0, 0.05) is 4.47 Å². The van der Waals surface area contributed by atoms with Gasteiger partial charge in [0.05, 0.1) is 18.2 Å². The highest BCUT2D eigenvalue weighted by atomic mass is 79.9. The largest absolute Gasteiger partial charge is 0.341 e. The second kappa shape index (κ2) is 4.44. The lowest BCUT2D eigenvalue weighted by molar-refractivity contribution is 0.102. The molecule has 0 aliphatic rings. The number of halogens is 2. The van der Waals surface area contributed by atoms with E-state index in [1.54, 1.807) is 6.07 Å².